The van der Waals surface area contributed by atoms with Gasteiger partial charge in [-0.05, 0) is 60.0 Å². The second-order valence-electron chi connectivity index (χ2n) is 8.64. The maximum Gasteiger partial charge on any atom is 0.249 e. The average molecular weight is 530 g/mol. The number of halogens is 2. The molecule has 0 bridgehead atoms. The predicted octanol–water partition coefficient (Wildman–Crippen LogP) is 6.26. The first-order valence-electron chi connectivity index (χ1n) is 11.6. The molecule has 6 nitrogen and oxygen atoms in total. The van der Waals surface area contributed by atoms with E-state index in [4.69, 9.17) is 42.1 Å². The second kappa shape index (κ2) is 12.0. The summed E-state index contributed by atoms with van der Waals surface area (Å²) in [5.41, 5.74) is 2.77. The van der Waals surface area contributed by atoms with E-state index in [0.717, 1.165) is 16.7 Å². The number of hydrogen-bond donors (Lipinski definition) is 0. The quantitative estimate of drug-likeness (QED) is 0.327. The van der Waals surface area contributed by atoms with E-state index < -0.39 is 6.10 Å². The summed E-state index contributed by atoms with van der Waals surface area (Å²) in [4.78, 5) is 15.0. The van der Waals surface area contributed by atoms with Crippen LogP contribution in [0.5, 0.6) is 11.5 Å². The number of benzene rings is 3. The lowest BCUT2D eigenvalue weighted by Gasteiger charge is -2.44. The van der Waals surface area contributed by atoms with Gasteiger partial charge in [0.05, 0.1) is 39.5 Å². The van der Waals surface area contributed by atoms with E-state index in [0.29, 0.717) is 34.8 Å². The predicted molar refractivity (Wildman–Crippen MR) is 140 cm³/mol. The molecule has 8 heteroatoms. The maximum absolute atomic E-state index is 13.2. The Bertz CT molecular complexity index is 1190. The summed E-state index contributed by atoms with van der Waals surface area (Å²) in [7, 11) is 3.20. The number of hydrogen-bond acceptors (Lipinski definition) is 5. The Labute approximate surface area is 221 Å². The molecule has 0 unspecified atom stereocenters. The van der Waals surface area contributed by atoms with Gasteiger partial charge in [-0.15, -0.1) is 0 Å². The van der Waals surface area contributed by atoms with Gasteiger partial charge in [0, 0.05) is 10.0 Å². The minimum atomic E-state index is -0.393. The Hall–Kier alpha value is -2.77. The van der Waals surface area contributed by atoms with Crippen molar-refractivity contribution in [2.24, 2.45) is 0 Å². The van der Waals surface area contributed by atoms with Crippen LogP contribution in [-0.4, -0.2) is 44.3 Å². The highest BCUT2D eigenvalue weighted by atomic mass is 35.5. The van der Waals surface area contributed by atoms with E-state index >= 15 is 0 Å². The molecule has 3 atom stereocenters. The first kappa shape index (κ1) is 26.3. The van der Waals surface area contributed by atoms with Gasteiger partial charge in [0.25, 0.3) is 0 Å². The zero-order chi connectivity index (χ0) is 25.7. The van der Waals surface area contributed by atoms with Crippen LogP contribution < -0.4 is 9.47 Å². The van der Waals surface area contributed by atoms with Gasteiger partial charge in [0.1, 0.15) is 12.7 Å². The molecule has 3 aromatic rings. The average Bonchev–Trinajstić information content (AvgIpc) is 2.88. The topological polar surface area (TPSA) is 57.2 Å². The van der Waals surface area contributed by atoms with Crippen molar-refractivity contribution in [1.82, 2.24) is 4.90 Å². The number of carbonyl (C=O) groups is 1. The Morgan fingerprint density at radius 2 is 1.69 bits per heavy atom. The molecule has 1 aliphatic heterocycles. The van der Waals surface area contributed by atoms with Gasteiger partial charge >= 0.3 is 0 Å². The third-order valence-corrected chi connectivity index (χ3v) is 6.69. The van der Waals surface area contributed by atoms with Gasteiger partial charge in [0.2, 0.25) is 5.91 Å². The van der Waals surface area contributed by atoms with Crippen molar-refractivity contribution in [2.75, 3.05) is 27.4 Å². The lowest BCUT2D eigenvalue weighted by molar-refractivity contribution is -0.165. The van der Waals surface area contributed by atoms with Crippen molar-refractivity contribution in [2.45, 2.75) is 31.7 Å². The number of nitrogens with zero attached hydrogens (tertiary/aromatic N) is 1. The lowest BCUT2D eigenvalue weighted by atomic mass is 9.91. The normalized spacial score (nSPS) is 18.7. The van der Waals surface area contributed by atoms with Crippen LogP contribution >= 0.6 is 23.2 Å². The van der Waals surface area contributed by atoms with Crippen LogP contribution in [0.25, 0.3) is 0 Å². The third-order valence-electron chi connectivity index (χ3n) is 6.20. The zero-order valence-electron chi connectivity index (χ0n) is 20.4. The number of morpholine rings is 1. The SMILES string of the molecule is COc1ccc(COC[C@@H](C)N2C(=O)CO[C@H](c3cccc(Cl)c3)[C@H]2c2ccc(Cl)cc2)cc1OC. The first-order chi connectivity index (χ1) is 17.4. The number of ether oxygens (including phenoxy) is 4. The summed E-state index contributed by atoms with van der Waals surface area (Å²) in [5.74, 6) is 1.20. The summed E-state index contributed by atoms with van der Waals surface area (Å²) in [6, 6.07) is 20.1. The highest BCUT2D eigenvalue weighted by Crippen LogP contribution is 2.42. The molecule has 1 saturated heterocycles. The minimum Gasteiger partial charge on any atom is -0.493 e. The monoisotopic (exact) mass is 529 g/mol. The van der Waals surface area contributed by atoms with Crippen LogP contribution in [0.4, 0.5) is 0 Å². The van der Waals surface area contributed by atoms with Gasteiger partial charge in [0.15, 0.2) is 11.5 Å². The molecular weight excluding hydrogens is 501 g/mol. The Morgan fingerprint density at radius 1 is 0.944 bits per heavy atom. The van der Waals surface area contributed by atoms with E-state index in [1.54, 1.807) is 14.2 Å². The molecule has 4 rings (SSSR count). The van der Waals surface area contributed by atoms with E-state index in [9.17, 15) is 4.79 Å². The highest BCUT2D eigenvalue weighted by Gasteiger charge is 2.41. The van der Waals surface area contributed by atoms with Crippen molar-refractivity contribution in [3.8, 4) is 11.5 Å². The summed E-state index contributed by atoms with van der Waals surface area (Å²) in [6.45, 7) is 2.66. The molecule has 1 aliphatic rings. The number of rotatable bonds is 9. The lowest BCUT2D eigenvalue weighted by Crippen LogP contribution is -2.51. The van der Waals surface area contributed by atoms with Crippen molar-refractivity contribution in [3.05, 3.63) is 93.5 Å². The summed E-state index contributed by atoms with van der Waals surface area (Å²) >= 11 is 12.4. The number of methoxy groups -OCH3 is 2. The minimum absolute atomic E-state index is 0.0265. The van der Waals surface area contributed by atoms with Gasteiger partial charge in [-0.1, -0.05) is 53.5 Å². The zero-order valence-corrected chi connectivity index (χ0v) is 22.0. The molecule has 0 spiro atoms. The van der Waals surface area contributed by atoms with E-state index in [2.05, 4.69) is 0 Å². The van der Waals surface area contributed by atoms with Gasteiger partial charge < -0.3 is 23.8 Å². The smallest absolute Gasteiger partial charge is 0.249 e. The largest absolute Gasteiger partial charge is 0.493 e. The fourth-order valence-electron chi connectivity index (χ4n) is 4.50. The molecule has 3 aromatic carbocycles. The molecule has 1 heterocycles. The van der Waals surface area contributed by atoms with Crippen LogP contribution in [0.3, 0.4) is 0 Å². The van der Waals surface area contributed by atoms with Gasteiger partial charge in [-0.3, -0.25) is 4.79 Å². The number of amides is 1. The van der Waals surface area contributed by atoms with E-state index in [1.165, 1.54) is 0 Å². The third kappa shape index (κ3) is 5.95. The van der Waals surface area contributed by atoms with Crippen molar-refractivity contribution >= 4 is 29.1 Å². The van der Waals surface area contributed by atoms with Crippen molar-refractivity contribution < 1.29 is 23.7 Å². The second-order valence-corrected chi connectivity index (χ2v) is 9.51. The van der Waals surface area contributed by atoms with Crippen molar-refractivity contribution in [3.63, 3.8) is 0 Å². The summed E-state index contributed by atoms with van der Waals surface area (Å²) in [5, 5.41) is 1.24. The summed E-state index contributed by atoms with van der Waals surface area (Å²) < 4.78 is 22.8. The number of carbonyl (C=O) groups excluding carboxylic acids is 1. The first-order valence-corrected chi connectivity index (χ1v) is 12.4. The molecular formula is C28H29Cl2NO5. The van der Waals surface area contributed by atoms with Crippen molar-refractivity contribution in [1.29, 1.82) is 0 Å². The summed E-state index contributed by atoms with van der Waals surface area (Å²) in [6.07, 6.45) is -0.393. The fourth-order valence-corrected chi connectivity index (χ4v) is 4.83. The van der Waals surface area contributed by atoms with Gasteiger partial charge in [-0.2, -0.15) is 0 Å². The standard InChI is InChI=1S/C28H29Cl2NO5/c1-18(15-35-16-19-7-12-24(33-2)25(13-19)34-3)31-26(32)17-36-28(21-5-4-6-23(30)14-21)27(31)20-8-10-22(29)11-9-20/h4-14,18,27-28H,15-17H2,1-3H3/t18-,27-,28-/m1/s1. The molecule has 0 radical (unpaired) electrons. The van der Waals surface area contributed by atoms with Crippen LogP contribution in [0, 0.1) is 0 Å². The van der Waals surface area contributed by atoms with E-state index in [-0.39, 0.29) is 24.6 Å². The van der Waals surface area contributed by atoms with E-state index in [1.807, 2.05) is 78.6 Å². The molecule has 36 heavy (non-hydrogen) atoms. The van der Waals surface area contributed by atoms with Crippen LogP contribution in [0.2, 0.25) is 10.0 Å². The van der Waals surface area contributed by atoms with Gasteiger partial charge in [-0.25, -0.2) is 0 Å². The van der Waals surface area contributed by atoms with Crippen LogP contribution in [0.1, 0.15) is 35.8 Å². The molecule has 0 N–H and O–H groups in total. The van der Waals surface area contributed by atoms with Crippen LogP contribution in [0.15, 0.2) is 66.7 Å². The fraction of sp³-hybridized carbons (Fsp3) is 0.321. The Morgan fingerprint density at radius 3 is 2.39 bits per heavy atom. The maximum atomic E-state index is 13.2. The Kier molecular flexibility index (Phi) is 8.75. The molecule has 1 amide bonds. The molecule has 0 saturated carbocycles. The Balaban J connectivity index is 1.56. The molecule has 0 aliphatic carbocycles. The highest BCUT2D eigenvalue weighted by molar-refractivity contribution is 6.30. The molecule has 0 aromatic heterocycles. The van der Waals surface area contributed by atoms with Crippen LogP contribution in [-0.2, 0) is 20.9 Å². The molecule has 1 fully saturated rings. The molecule has 190 valence electrons.